The van der Waals surface area contributed by atoms with Gasteiger partial charge in [0, 0.05) is 50.2 Å². The standard InChI is InChI=1S/C22H26ClN3O4/c1-16(27)30-22-20(28-2)12-18(13-21(22)29-3)14-24-26-10-8-25(9-11-26)15-17-4-6-19(23)7-5-17/h4-7,12-14H,8-11,15H2,1-3H3/b24-14+. The average Bonchev–Trinajstić information content (AvgIpc) is 2.75. The van der Waals surface area contributed by atoms with Gasteiger partial charge in [0.1, 0.15) is 0 Å². The highest BCUT2D eigenvalue weighted by Crippen LogP contribution is 2.38. The van der Waals surface area contributed by atoms with Crippen molar-refractivity contribution in [2.45, 2.75) is 13.5 Å². The van der Waals surface area contributed by atoms with E-state index in [1.54, 1.807) is 18.3 Å². The lowest BCUT2D eigenvalue weighted by molar-refractivity contribution is -0.132. The molecule has 0 unspecified atom stereocenters. The minimum absolute atomic E-state index is 0.264. The third-order valence-corrected chi connectivity index (χ3v) is 5.02. The smallest absolute Gasteiger partial charge is 0.308 e. The average molecular weight is 432 g/mol. The monoisotopic (exact) mass is 431 g/mol. The van der Waals surface area contributed by atoms with E-state index in [0.29, 0.717) is 11.5 Å². The summed E-state index contributed by atoms with van der Waals surface area (Å²) in [5.74, 6) is 0.655. The molecule has 3 rings (SSSR count). The van der Waals surface area contributed by atoms with Crippen LogP contribution in [0.2, 0.25) is 5.02 Å². The van der Waals surface area contributed by atoms with Gasteiger partial charge in [0.25, 0.3) is 0 Å². The molecule has 0 saturated carbocycles. The van der Waals surface area contributed by atoms with Crippen molar-refractivity contribution >= 4 is 23.8 Å². The molecule has 30 heavy (non-hydrogen) atoms. The van der Waals surface area contributed by atoms with Gasteiger partial charge < -0.3 is 14.2 Å². The zero-order valence-electron chi connectivity index (χ0n) is 17.4. The quantitative estimate of drug-likeness (QED) is 0.380. The van der Waals surface area contributed by atoms with E-state index >= 15 is 0 Å². The molecule has 0 N–H and O–H groups in total. The number of halogens is 1. The fraction of sp³-hybridized carbons (Fsp3) is 0.364. The Bertz CT molecular complexity index is 869. The first-order chi connectivity index (χ1) is 14.5. The normalized spacial score (nSPS) is 14.7. The van der Waals surface area contributed by atoms with E-state index in [4.69, 9.17) is 25.8 Å². The molecule has 2 aromatic rings. The first kappa shape index (κ1) is 21.9. The molecule has 1 heterocycles. The van der Waals surface area contributed by atoms with E-state index in [0.717, 1.165) is 43.3 Å². The predicted molar refractivity (Wildman–Crippen MR) is 117 cm³/mol. The number of carbonyl (C=O) groups is 1. The Morgan fingerprint density at radius 2 is 1.67 bits per heavy atom. The number of piperazine rings is 1. The number of esters is 1. The number of methoxy groups -OCH3 is 2. The van der Waals surface area contributed by atoms with Crippen molar-refractivity contribution in [3.8, 4) is 17.2 Å². The van der Waals surface area contributed by atoms with Crippen molar-refractivity contribution in [2.75, 3.05) is 40.4 Å². The number of hydrogen-bond donors (Lipinski definition) is 0. The van der Waals surface area contributed by atoms with E-state index in [-0.39, 0.29) is 5.75 Å². The Morgan fingerprint density at radius 1 is 1.07 bits per heavy atom. The first-order valence-corrected chi connectivity index (χ1v) is 10.1. The van der Waals surface area contributed by atoms with Crippen LogP contribution in [0.25, 0.3) is 0 Å². The lowest BCUT2D eigenvalue weighted by atomic mass is 10.2. The van der Waals surface area contributed by atoms with Gasteiger partial charge in [0.15, 0.2) is 11.5 Å². The summed E-state index contributed by atoms with van der Waals surface area (Å²) >= 11 is 5.95. The molecule has 1 aliphatic heterocycles. The van der Waals surface area contributed by atoms with E-state index in [2.05, 4.69) is 22.1 Å². The highest BCUT2D eigenvalue weighted by atomic mass is 35.5. The van der Waals surface area contributed by atoms with Crippen molar-refractivity contribution in [1.82, 2.24) is 9.91 Å². The summed E-state index contributed by atoms with van der Waals surface area (Å²) in [7, 11) is 3.03. The summed E-state index contributed by atoms with van der Waals surface area (Å²) in [5, 5.41) is 7.39. The van der Waals surface area contributed by atoms with E-state index < -0.39 is 5.97 Å². The van der Waals surface area contributed by atoms with Gasteiger partial charge in [0.05, 0.1) is 20.4 Å². The summed E-state index contributed by atoms with van der Waals surface area (Å²) < 4.78 is 15.9. The fourth-order valence-electron chi connectivity index (χ4n) is 3.23. The topological polar surface area (TPSA) is 63.6 Å². The molecule has 0 aromatic heterocycles. The van der Waals surface area contributed by atoms with Gasteiger partial charge in [-0.3, -0.25) is 14.7 Å². The summed E-state index contributed by atoms with van der Waals surface area (Å²) in [5.41, 5.74) is 2.05. The van der Waals surface area contributed by atoms with Gasteiger partial charge >= 0.3 is 5.97 Å². The van der Waals surface area contributed by atoms with Gasteiger partial charge in [0.2, 0.25) is 5.75 Å². The maximum absolute atomic E-state index is 11.3. The molecule has 1 fully saturated rings. The molecule has 0 aliphatic carbocycles. The van der Waals surface area contributed by atoms with Gasteiger partial charge in [-0.25, -0.2) is 0 Å². The largest absolute Gasteiger partial charge is 0.493 e. The molecule has 1 saturated heterocycles. The maximum Gasteiger partial charge on any atom is 0.308 e. The Balaban J connectivity index is 1.61. The maximum atomic E-state index is 11.3. The van der Waals surface area contributed by atoms with Gasteiger partial charge in [-0.05, 0) is 29.8 Å². The van der Waals surface area contributed by atoms with Crippen LogP contribution in [0, 0.1) is 0 Å². The summed E-state index contributed by atoms with van der Waals surface area (Å²) in [6.07, 6.45) is 1.76. The lowest BCUT2D eigenvalue weighted by Gasteiger charge is -2.33. The van der Waals surface area contributed by atoms with Crippen LogP contribution in [0.1, 0.15) is 18.1 Å². The Kier molecular flexibility index (Phi) is 7.54. The molecule has 1 aliphatic rings. The minimum Gasteiger partial charge on any atom is -0.493 e. The highest BCUT2D eigenvalue weighted by Gasteiger charge is 2.17. The third kappa shape index (κ3) is 5.87. The van der Waals surface area contributed by atoms with Crippen molar-refractivity contribution in [3.63, 3.8) is 0 Å². The van der Waals surface area contributed by atoms with Crippen molar-refractivity contribution in [3.05, 3.63) is 52.5 Å². The molecule has 8 heteroatoms. The molecule has 7 nitrogen and oxygen atoms in total. The van der Waals surface area contributed by atoms with Crippen LogP contribution in [0.5, 0.6) is 17.2 Å². The summed E-state index contributed by atoms with van der Waals surface area (Å²) in [6, 6.07) is 11.5. The van der Waals surface area contributed by atoms with Gasteiger partial charge in [-0.1, -0.05) is 23.7 Å². The van der Waals surface area contributed by atoms with Crippen LogP contribution in [-0.4, -0.2) is 62.5 Å². The van der Waals surface area contributed by atoms with E-state index in [1.165, 1.54) is 26.7 Å². The zero-order valence-corrected chi connectivity index (χ0v) is 18.2. The van der Waals surface area contributed by atoms with Crippen molar-refractivity contribution in [1.29, 1.82) is 0 Å². The Morgan fingerprint density at radius 3 is 2.20 bits per heavy atom. The lowest BCUT2D eigenvalue weighted by Crippen LogP contribution is -2.43. The van der Waals surface area contributed by atoms with Crippen LogP contribution in [0.15, 0.2) is 41.5 Å². The SMILES string of the molecule is COc1cc(/C=N/N2CCN(Cc3ccc(Cl)cc3)CC2)cc(OC)c1OC(C)=O. The number of hydrazone groups is 1. The second-order valence-corrected chi connectivity index (χ2v) is 7.39. The van der Waals surface area contributed by atoms with Gasteiger partial charge in [-0.15, -0.1) is 0 Å². The molecule has 0 atom stereocenters. The first-order valence-electron chi connectivity index (χ1n) is 9.68. The number of benzene rings is 2. The van der Waals surface area contributed by atoms with E-state index in [9.17, 15) is 4.79 Å². The number of hydrogen-bond acceptors (Lipinski definition) is 7. The highest BCUT2D eigenvalue weighted by molar-refractivity contribution is 6.30. The third-order valence-electron chi connectivity index (χ3n) is 4.77. The summed E-state index contributed by atoms with van der Waals surface area (Å²) in [6.45, 7) is 5.77. The molecule has 0 amide bonds. The number of carbonyl (C=O) groups excluding carboxylic acids is 1. The zero-order chi connectivity index (χ0) is 21.5. The number of nitrogens with zero attached hydrogens (tertiary/aromatic N) is 3. The molecule has 0 bridgehead atoms. The van der Waals surface area contributed by atoms with Crippen LogP contribution in [0.3, 0.4) is 0 Å². The molecular formula is C22H26ClN3O4. The molecule has 2 aromatic carbocycles. The van der Waals surface area contributed by atoms with Crippen molar-refractivity contribution in [2.24, 2.45) is 5.10 Å². The van der Waals surface area contributed by atoms with Crippen LogP contribution >= 0.6 is 11.6 Å². The van der Waals surface area contributed by atoms with Crippen LogP contribution in [0.4, 0.5) is 0 Å². The Hall–Kier alpha value is -2.77. The van der Waals surface area contributed by atoms with Crippen LogP contribution < -0.4 is 14.2 Å². The molecule has 160 valence electrons. The summed E-state index contributed by atoms with van der Waals surface area (Å²) in [4.78, 5) is 13.7. The van der Waals surface area contributed by atoms with Crippen molar-refractivity contribution < 1.29 is 19.0 Å². The number of ether oxygens (including phenoxy) is 3. The second-order valence-electron chi connectivity index (χ2n) is 6.95. The van der Waals surface area contributed by atoms with Gasteiger partial charge in [-0.2, -0.15) is 5.10 Å². The molecule has 0 spiro atoms. The number of rotatable bonds is 7. The minimum atomic E-state index is -0.440. The molecule has 0 radical (unpaired) electrons. The Labute approximate surface area is 181 Å². The fourth-order valence-corrected chi connectivity index (χ4v) is 3.35. The van der Waals surface area contributed by atoms with E-state index in [1.807, 2.05) is 17.1 Å². The predicted octanol–water partition coefficient (Wildman–Crippen LogP) is 3.43. The van der Waals surface area contributed by atoms with Crippen LogP contribution in [-0.2, 0) is 11.3 Å². The second kappa shape index (κ2) is 10.3. The molecular weight excluding hydrogens is 406 g/mol.